The number of nitrogens with zero attached hydrogens (tertiary/aromatic N) is 1. The Hall–Kier alpha value is -0.760. The summed E-state index contributed by atoms with van der Waals surface area (Å²) in [5.41, 5.74) is 0.383. The van der Waals surface area contributed by atoms with Gasteiger partial charge in [0.15, 0.2) is 5.82 Å². The highest BCUT2D eigenvalue weighted by Gasteiger charge is 2.07. The lowest BCUT2D eigenvalue weighted by Gasteiger charge is -2.14. The van der Waals surface area contributed by atoms with Crippen LogP contribution >= 0.6 is 11.6 Å². The van der Waals surface area contributed by atoms with E-state index in [4.69, 9.17) is 11.6 Å². The van der Waals surface area contributed by atoms with Crippen LogP contribution in [-0.4, -0.2) is 14.1 Å². The van der Waals surface area contributed by atoms with Crippen LogP contribution in [0.2, 0.25) is 5.02 Å². The van der Waals surface area contributed by atoms with Gasteiger partial charge in [0.1, 0.15) is 0 Å². The molecule has 11 heavy (non-hydrogen) atoms. The third kappa shape index (κ3) is 1.63. The molecule has 0 heterocycles. The van der Waals surface area contributed by atoms with E-state index in [1.54, 1.807) is 25.1 Å². The quantitative estimate of drug-likeness (QED) is 0.629. The maximum absolute atomic E-state index is 12.9. The Morgan fingerprint density at radius 3 is 2.55 bits per heavy atom. The van der Waals surface area contributed by atoms with Crippen molar-refractivity contribution < 1.29 is 4.39 Å². The summed E-state index contributed by atoms with van der Waals surface area (Å²) in [4.78, 5) is 1.62. The van der Waals surface area contributed by atoms with E-state index < -0.39 is 5.82 Å². The highest BCUT2D eigenvalue weighted by molar-refractivity contribution is 6.33. The van der Waals surface area contributed by atoms with Gasteiger partial charge < -0.3 is 4.90 Å². The molecule has 1 aromatic carbocycles. The van der Waals surface area contributed by atoms with E-state index in [9.17, 15) is 4.39 Å². The van der Waals surface area contributed by atoms with Crippen LogP contribution in [0.15, 0.2) is 12.1 Å². The predicted octanol–water partition coefficient (Wildman–Crippen LogP) is 2.35. The second kappa shape index (κ2) is 3.09. The van der Waals surface area contributed by atoms with E-state index in [0.717, 1.165) is 0 Å². The van der Waals surface area contributed by atoms with Gasteiger partial charge in [0.25, 0.3) is 0 Å². The van der Waals surface area contributed by atoms with E-state index in [0.29, 0.717) is 10.7 Å². The molecule has 3 heteroatoms. The minimum absolute atomic E-state index is 0.383. The van der Waals surface area contributed by atoms with Crippen LogP contribution in [0.5, 0.6) is 0 Å². The Morgan fingerprint density at radius 1 is 1.55 bits per heavy atom. The van der Waals surface area contributed by atoms with Crippen molar-refractivity contribution in [2.24, 2.45) is 0 Å². The lowest BCUT2D eigenvalue weighted by atomic mass is 10.3. The van der Waals surface area contributed by atoms with Gasteiger partial charge in [-0.25, -0.2) is 4.39 Å². The lowest BCUT2D eigenvalue weighted by molar-refractivity contribution is 0.624. The van der Waals surface area contributed by atoms with Gasteiger partial charge in [-0.2, -0.15) is 0 Å². The first-order chi connectivity index (χ1) is 5.13. The molecule has 0 unspecified atom stereocenters. The number of benzene rings is 1. The topological polar surface area (TPSA) is 3.24 Å². The molecule has 0 aliphatic rings. The molecule has 0 aromatic heterocycles. The van der Waals surface area contributed by atoms with Gasteiger partial charge in [-0.15, -0.1) is 0 Å². The number of hydrogen-bond acceptors (Lipinski definition) is 1. The second-order valence-electron chi connectivity index (χ2n) is 2.38. The highest BCUT2D eigenvalue weighted by Crippen LogP contribution is 2.26. The summed E-state index contributed by atoms with van der Waals surface area (Å²) in [6, 6.07) is 5.50. The van der Waals surface area contributed by atoms with Crippen molar-refractivity contribution in [1.82, 2.24) is 0 Å². The van der Waals surface area contributed by atoms with Gasteiger partial charge >= 0.3 is 0 Å². The lowest BCUT2D eigenvalue weighted by Crippen LogP contribution is -2.11. The molecule has 0 aliphatic heterocycles. The summed E-state index contributed by atoms with van der Waals surface area (Å²) >= 11 is 5.72. The average Bonchev–Trinajstić information content (AvgIpc) is 1.85. The summed E-state index contributed by atoms with van der Waals surface area (Å²) in [5, 5.41) is 0.409. The fraction of sp³-hybridized carbons (Fsp3) is 0.250. The summed E-state index contributed by atoms with van der Waals surface area (Å²) in [6.07, 6.45) is 0. The Balaban J connectivity index is 3.21. The maximum Gasteiger partial charge on any atom is 0.155 e. The zero-order valence-electron chi connectivity index (χ0n) is 6.36. The van der Waals surface area contributed by atoms with Crippen molar-refractivity contribution >= 4 is 17.3 Å². The Labute approximate surface area is 70.4 Å². The number of rotatable bonds is 1. The molecule has 0 N–H and O–H groups in total. The average molecular weight is 173 g/mol. The van der Waals surface area contributed by atoms with Crippen molar-refractivity contribution in [2.45, 2.75) is 0 Å². The third-order valence-corrected chi connectivity index (χ3v) is 1.63. The minimum atomic E-state index is -0.414. The van der Waals surface area contributed by atoms with E-state index in [1.807, 2.05) is 0 Å². The van der Waals surface area contributed by atoms with Crippen molar-refractivity contribution in [2.75, 3.05) is 19.0 Å². The molecule has 0 aliphatic carbocycles. The normalized spacial score (nSPS) is 9.82. The van der Waals surface area contributed by atoms with Gasteiger partial charge in [-0.3, -0.25) is 0 Å². The van der Waals surface area contributed by atoms with E-state index >= 15 is 0 Å². The number of hydrogen-bond donors (Lipinski definition) is 0. The van der Waals surface area contributed by atoms with Crippen molar-refractivity contribution in [3.63, 3.8) is 0 Å². The number of anilines is 1. The summed E-state index contributed by atoms with van der Waals surface area (Å²) in [5.74, 6) is -0.414. The van der Waals surface area contributed by atoms with Crippen LogP contribution in [0.4, 0.5) is 10.1 Å². The molecule has 0 bridgehead atoms. The van der Waals surface area contributed by atoms with E-state index in [2.05, 4.69) is 6.07 Å². The molecular formula is C8H8ClFN. The van der Waals surface area contributed by atoms with Crippen molar-refractivity contribution in [3.05, 3.63) is 29.0 Å². The fourth-order valence-electron chi connectivity index (χ4n) is 0.850. The molecule has 0 saturated carbocycles. The molecular weight excluding hydrogens is 165 g/mol. The maximum atomic E-state index is 12.9. The predicted molar refractivity (Wildman–Crippen MR) is 44.6 cm³/mol. The first-order valence-electron chi connectivity index (χ1n) is 3.16. The zero-order valence-corrected chi connectivity index (χ0v) is 7.11. The van der Waals surface area contributed by atoms with Gasteiger partial charge in [0.2, 0.25) is 0 Å². The zero-order chi connectivity index (χ0) is 8.43. The fourth-order valence-corrected chi connectivity index (χ4v) is 1.17. The largest absolute Gasteiger partial charge is 0.374 e. The molecule has 1 rings (SSSR count). The smallest absolute Gasteiger partial charge is 0.155 e. The summed E-state index contributed by atoms with van der Waals surface area (Å²) in [6.45, 7) is 0. The molecule has 59 valence electrons. The van der Waals surface area contributed by atoms with Gasteiger partial charge in [-0.05, 0) is 12.1 Å². The Morgan fingerprint density at radius 2 is 2.18 bits per heavy atom. The summed E-state index contributed by atoms with van der Waals surface area (Å²) in [7, 11) is 3.47. The highest BCUT2D eigenvalue weighted by atomic mass is 35.5. The first kappa shape index (κ1) is 8.34. The molecule has 0 saturated heterocycles. The Bertz CT molecular complexity index is 240. The molecule has 0 fully saturated rings. The van der Waals surface area contributed by atoms with Crippen LogP contribution in [-0.2, 0) is 0 Å². The molecule has 0 spiro atoms. The van der Waals surface area contributed by atoms with Crippen LogP contribution in [0.1, 0.15) is 0 Å². The van der Waals surface area contributed by atoms with Gasteiger partial charge in [0.05, 0.1) is 10.7 Å². The molecule has 1 radical (unpaired) electrons. The third-order valence-electron chi connectivity index (χ3n) is 1.32. The van der Waals surface area contributed by atoms with Crippen molar-refractivity contribution in [3.8, 4) is 0 Å². The Kier molecular flexibility index (Phi) is 2.35. The van der Waals surface area contributed by atoms with E-state index in [-0.39, 0.29) is 0 Å². The molecule has 1 aromatic rings. The van der Waals surface area contributed by atoms with Crippen molar-refractivity contribution in [1.29, 1.82) is 0 Å². The molecule has 1 nitrogen and oxygen atoms in total. The SMILES string of the molecule is CN(C)c1c(F)[c]ccc1Cl. The van der Waals surface area contributed by atoms with Crippen LogP contribution in [0.25, 0.3) is 0 Å². The summed E-state index contributed by atoms with van der Waals surface area (Å²) < 4.78 is 12.9. The first-order valence-corrected chi connectivity index (χ1v) is 3.53. The minimum Gasteiger partial charge on any atom is -0.374 e. The molecule has 0 atom stereocenters. The van der Waals surface area contributed by atoms with Crippen LogP contribution < -0.4 is 4.90 Å². The second-order valence-corrected chi connectivity index (χ2v) is 2.79. The molecule has 0 amide bonds. The van der Waals surface area contributed by atoms with Crippen LogP contribution in [0.3, 0.4) is 0 Å². The standard InChI is InChI=1S/C8H8ClFN/c1-11(2)8-6(9)4-3-5-7(8)10/h3-4H,1-2H3. The van der Waals surface area contributed by atoms with Gasteiger partial charge in [0, 0.05) is 20.2 Å². The monoisotopic (exact) mass is 172 g/mol. The van der Waals surface area contributed by atoms with E-state index in [1.165, 1.54) is 6.07 Å². The van der Waals surface area contributed by atoms with Crippen LogP contribution in [0, 0.1) is 11.9 Å². The van der Waals surface area contributed by atoms with Gasteiger partial charge in [-0.1, -0.05) is 11.6 Å². The number of halogens is 2.